The van der Waals surface area contributed by atoms with Crippen molar-refractivity contribution in [3.05, 3.63) is 100 Å². The van der Waals surface area contributed by atoms with E-state index in [0.29, 0.717) is 34.0 Å². The number of rotatable bonds is 8. The number of thiazole rings is 1. The minimum absolute atomic E-state index is 0.0874. The highest BCUT2D eigenvalue weighted by molar-refractivity contribution is 7.93. The van der Waals surface area contributed by atoms with Crippen LogP contribution < -0.4 is 19.6 Å². The zero-order chi connectivity index (χ0) is 31.1. The Labute approximate surface area is 250 Å². The van der Waals surface area contributed by atoms with Crippen LogP contribution >= 0.6 is 11.3 Å². The van der Waals surface area contributed by atoms with Crippen molar-refractivity contribution >= 4 is 49.4 Å². The summed E-state index contributed by atoms with van der Waals surface area (Å²) in [5.41, 5.74) is 1.29. The molecule has 3 aromatic carbocycles. The Hall–Kier alpha value is -4.60. The molecule has 2 heterocycles. The first kappa shape index (κ1) is 29.9. The van der Waals surface area contributed by atoms with Gasteiger partial charge in [0.15, 0.2) is 22.3 Å². The number of anilines is 1. The molecule has 0 bridgehead atoms. The lowest BCUT2D eigenvalue weighted by Gasteiger charge is -2.23. The summed E-state index contributed by atoms with van der Waals surface area (Å²) in [6.45, 7) is 1.86. The Kier molecular flexibility index (Phi) is 8.05. The standard InChI is InChI=1S/C29H25N3O9S2/c1-16-4-6-17(7-5-16)26(33)24-25(18-8-13-21(40-2)22(14-18)41-3)31(28(35)27(24)34)29-30-15-23(42-29)43(38,39)20-11-9-19(10-12-20)32(36)37/h4-15,25,32-33,36H,1-3H3. The van der Waals surface area contributed by atoms with Crippen LogP contribution in [0.5, 0.6) is 11.5 Å². The summed E-state index contributed by atoms with van der Waals surface area (Å²) < 4.78 is 37.2. The average molecular weight is 624 g/mol. The van der Waals surface area contributed by atoms with Crippen molar-refractivity contribution in [2.75, 3.05) is 19.1 Å². The number of quaternary nitrogens is 1. The number of benzene rings is 3. The lowest BCUT2D eigenvalue weighted by atomic mass is 9.95. The molecule has 1 aliphatic rings. The van der Waals surface area contributed by atoms with E-state index in [0.717, 1.165) is 40.9 Å². The summed E-state index contributed by atoms with van der Waals surface area (Å²) in [5.74, 6) is -1.73. The molecule has 222 valence electrons. The maximum absolute atomic E-state index is 13.5. The maximum Gasteiger partial charge on any atom is 0.301 e. The summed E-state index contributed by atoms with van der Waals surface area (Å²) in [6.07, 6.45) is 1.06. The van der Waals surface area contributed by atoms with E-state index in [1.165, 1.54) is 14.2 Å². The first-order valence-electron chi connectivity index (χ1n) is 12.6. The molecule has 3 N–H and O–H groups in total. The molecule has 0 spiro atoms. The van der Waals surface area contributed by atoms with Crippen LogP contribution in [-0.4, -0.2) is 49.6 Å². The van der Waals surface area contributed by atoms with Gasteiger partial charge >= 0.3 is 5.91 Å². The van der Waals surface area contributed by atoms with Gasteiger partial charge in [-0.05, 0) is 36.8 Å². The van der Waals surface area contributed by atoms with Crippen molar-refractivity contribution in [2.45, 2.75) is 22.1 Å². The number of aromatic nitrogens is 1. The predicted octanol–water partition coefficient (Wildman–Crippen LogP) is 3.33. The Morgan fingerprint density at radius 1 is 1.00 bits per heavy atom. The second kappa shape index (κ2) is 11.6. The van der Waals surface area contributed by atoms with Crippen LogP contribution in [0.25, 0.3) is 5.76 Å². The third-order valence-electron chi connectivity index (χ3n) is 6.85. The molecule has 1 saturated heterocycles. The number of hydrogen-bond donors (Lipinski definition) is 3. The molecule has 0 aliphatic carbocycles. The van der Waals surface area contributed by atoms with E-state index in [1.807, 2.05) is 6.92 Å². The lowest BCUT2D eigenvalue weighted by Crippen LogP contribution is -2.99. The SMILES string of the molecule is COc1ccc(C2C(=C(O)c3ccc(C)cc3)C(=O)C(=O)N2c2ncc(S(=O)(=O)c3ccc([NH+]([O-])O)cc3)s2)cc1OC. The number of sulfone groups is 1. The first-order valence-corrected chi connectivity index (χ1v) is 14.9. The lowest BCUT2D eigenvalue weighted by molar-refractivity contribution is -0.991. The number of nitrogens with one attached hydrogen (secondary N) is 1. The number of ketones is 1. The van der Waals surface area contributed by atoms with Crippen LogP contribution in [0.3, 0.4) is 0 Å². The van der Waals surface area contributed by atoms with E-state index in [2.05, 4.69) is 4.98 Å². The molecule has 5 rings (SSSR count). The zero-order valence-electron chi connectivity index (χ0n) is 23.0. The minimum Gasteiger partial charge on any atom is -0.595 e. The van der Waals surface area contributed by atoms with E-state index in [-0.39, 0.29) is 25.5 Å². The highest BCUT2D eigenvalue weighted by atomic mass is 32.2. The van der Waals surface area contributed by atoms with E-state index >= 15 is 0 Å². The number of hydrogen-bond acceptors (Lipinski definition) is 11. The van der Waals surface area contributed by atoms with Crippen LogP contribution in [-0.2, 0) is 19.4 Å². The van der Waals surface area contributed by atoms with Crippen LogP contribution in [0.4, 0.5) is 10.8 Å². The molecular formula is C29H25N3O9S2. The predicted molar refractivity (Wildman–Crippen MR) is 155 cm³/mol. The Bertz CT molecular complexity index is 1850. The molecule has 1 amide bonds. The fraction of sp³-hybridized carbons (Fsp3) is 0.138. The number of ether oxygens (including phenoxy) is 2. The van der Waals surface area contributed by atoms with Crippen molar-refractivity contribution in [1.82, 2.24) is 4.98 Å². The van der Waals surface area contributed by atoms with Crippen molar-refractivity contribution in [3.63, 3.8) is 0 Å². The number of aryl methyl sites for hydroxylation is 1. The Morgan fingerprint density at radius 2 is 1.65 bits per heavy atom. The molecule has 0 radical (unpaired) electrons. The molecule has 4 aromatic rings. The normalized spacial score (nSPS) is 17.2. The Balaban J connectivity index is 1.65. The van der Waals surface area contributed by atoms with Crippen molar-refractivity contribution in [1.29, 1.82) is 0 Å². The van der Waals surface area contributed by atoms with Crippen LogP contribution in [0.1, 0.15) is 22.7 Å². The van der Waals surface area contributed by atoms with Gasteiger partial charge in [-0.15, -0.1) is 0 Å². The van der Waals surface area contributed by atoms with Crippen LogP contribution in [0, 0.1) is 12.1 Å². The number of nitrogens with zero attached hydrogens (tertiary/aromatic N) is 2. The number of carbonyl (C=O) groups is 2. The van der Waals surface area contributed by atoms with Crippen LogP contribution in [0.15, 0.2) is 87.6 Å². The van der Waals surface area contributed by atoms with E-state index < -0.39 is 38.6 Å². The summed E-state index contributed by atoms with van der Waals surface area (Å²) in [5, 5.41) is 30.3. The monoisotopic (exact) mass is 623 g/mol. The number of Topliss-reactive ketones (excluding diaryl/α,β-unsaturated/α-hetero) is 1. The largest absolute Gasteiger partial charge is 0.595 e. The maximum atomic E-state index is 13.5. The van der Waals surface area contributed by atoms with E-state index in [1.54, 1.807) is 42.5 Å². The third kappa shape index (κ3) is 5.37. The number of methoxy groups -OCH3 is 2. The second-order valence-electron chi connectivity index (χ2n) is 9.44. The highest BCUT2D eigenvalue weighted by Gasteiger charge is 2.48. The van der Waals surface area contributed by atoms with Gasteiger partial charge in [0.2, 0.25) is 9.84 Å². The average Bonchev–Trinajstić information content (AvgIpc) is 3.60. The summed E-state index contributed by atoms with van der Waals surface area (Å²) >= 11 is 0.653. The molecule has 12 nitrogen and oxygen atoms in total. The van der Waals surface area contributed by atoms with Gasteiger partial charge in [0.25, 0.3) is 5.78 Å². The second-order valence-corrected chi connectivity index (χ2v) is 12.6. The van der Waals surface area contributed by atoms with Gasteiger partial charge in [0, 0.05) is 17.7 Å². The molecular weight excluding hydrogens is 598 g/mol. The van der Waals surface area contributed by atoms with Gasteiger partial charge in [0.1, 0.15) is 9.97 Å². The first-order chi connectivity index (χ1) is 20.5. The van der Waals surface area contributed by atoms with E-state index in [9.17, 15) is 28.3 Å². The van der Waals surface area contributed by atoms with Gasteiger partial charge < -0.3 is 19.8 Å². The molecule has 2 unspecified atom stereocenters. The Morgan fingerprint density at radius 3 is 2.26 bits per heavy atom. The number of aliphatic hydroxyl groups is 1. The number of carbonyl (C=O) groups excluding carboxylic acids is 2. The number of aliphatic hydroxyl groups excluding tert-OH is 1. The fourth-order valence-electron chi connectivity index (χ4n) is 4.61. The molecule has 0 saturated carbocycles. The highest BCUT2D eigenvalue weighted by Crippen LogP contribution is 2.45. The fourth-order valence-corrected chi connectivity index (χ4v) is 7.16. The molecule has 1 aliphatic heterocycles. The van der Waals surface area contributed by atoms with Crippen molar-refractivity contribution < 1.29 is 43.0 Å². The van der Waals surface area contributed by atoms with Gasteiger partial charge in [-0.25, -0.2) is 18.6 Å². The topological polar surface area (TPSA) is 171 Å². The van der Waals surface area contributed by atoms with E-state index in [4.69, 9.17) is 14.7 Å². The summed E-state index contributed by atoms with van der Waals surface area (Å²) in [6, 6.07) is 14.9. The molecule has 1 fully saturated rings. The van der Waals surface area contributed by atoms with Crippen molar-refractivity contribution in [2.24, 2.45) is 0 Å². The van der Waals surface area contributed by atoms with Crippen molar-refractivity contribution in [3.8, 4) is 11.5 Å². The third-order valence-corrected chi connectivity index (χ3v) is 10.1. The molecule has 14 heteroatoms. The van der Waals surface area contributed by atoms with Gasteiger partial charge in [0.05, 0.1) is 36.9 Å². The van der Waals surface area contributed by atoms with Gasteiger partial charge in [-0.3, -0.25) is 14.5 Å². The number of amides is 1. The summed E-state index contributed by atoms with van der Waals surface area (Å²) in [7, 11) is -1.28. The molecule has 1 aromatic heterocycles. The quantitative estimate of drug-likeness (QED) is 0.114. The minimum atomic E-state index is -4.16. The molecule has 2 atom stereocenters. The smallest absolute Gasteiger partial charge is 0.301 e. The molecule has 43 heavy (non-hydrogen) atoms. The zero-order valence-corrected chi connectivity index (χ0v) is 24.6. The van der Waals surface area contributed by atoms with Gasteiger partial charge in [-0.1, -0.05) is 47.2 Å². The van der Waals surface area contributed by atoms with Crippen LogP contribution in [0.2, 0.25) is 0 Å². The van der Waals surface area contributed by atoms with Gasteiger partial charge in [-0.2, -0.15) is 5.23 Å². The summed E-state index contributed by atoms with van der Waals surface area (Å²) in [4.78, 5) is 32.1.